The van der Waals surface area contributed by atoms with Crippen LogP contribution >= 0.6 is 11.8 Å². The number of rotatable bonds is 6. The van der Waals surface area contributed by atoms with Crippen LogP contribution in [-0.4, -0.2) is 20.7 Å². The van der Waals surface area contributed by atoms with Crippen molar-refractivity contribution in [2.24, 2.45) is 0 Å². The van der Waals surface area contributed by atoms with Crippen molar-refractivity contribution in [1.82, 2.24) is 15.0 Å². The summed E-state index contributed by atoms with van der Waals surface area (Å²) in [5, 5.41) is 9.34. The van der Waals surface area contributed by atoms with Crippen LogP contribution in [0.5, 0.6) is 0 Å². The van der Waals surface area contributed by atoms with E-state index in [0.717, 1.165) is 17.0 Å². The fraction of sp³-hybridized carbons (Fsp3) is 0.0909. The number of thioether (sulfide) groups is 1. The van der Waals surface area contributed by atoms with Gasteiger partial charge in [-0.1, -0.05) is 78.9 Å². The topological polar surface area (TPSA) is 30.7 Å². The fourth-order valence-electron chi connectivity index (χ4n) is 2.83. The van der Waals surface area contributed by atoms with Gasteiger partial charge in [0.25, 0.3) is 0 Å². The molecule has 0 spiro atoms. The first-order valence-electron chi connectivity index (χ1n) is 8.60. The van der Waals surface area contributed by atoms with Crippen LogP contribution < -0.4 is 0 Å². The molecule has 0 bridgehead atoms. The molecule has 26 heavy (non-hydrogen) atoms. The standard InChI is InChI=1S/C22H19N3S/c1-4-10-18(11-5-1)21-16-23-25(24-21)22(19-12-6-2-7-13-19)17-26-20-14-8-3-9-15-20/h1-16,22H,17H2. The van der Waals surface area contributed by atoms with Crippen LogP contribution in [0.15, 0.2) is 102 Å². The lowest BCUT2D eigenvalue weighted by Crippen LogP contribution is -2.16. The summed E-state index contributed by atoms with van der Waals surface area (Å²) >= 11 is 1.82. The van der Waals surface area contributed by atoms with Gasteiger partial charge < -0.3 is 0 Å². The highest BCUT2D eigenvalue weighted by Crippen LogP contribution is 2.27. The maximum Gasteiger partial charge on any atom is 0.113 e. The van der Waals surface area contributed by atoms with Gasteiger partial charge in [0.1, 0.15) is 11.7 Å². The second-order valence-corrected chi connectivity index (χ2v) is 7.06. The van der Waals surface area contributed by atoms with Crippen LogP contribution in [-0.2, 0) is 0 Å². The van der Waals surface area contributed by atoms with Crippen molar-refractivity contribution in [3.63, 3.8) is 0 Å². The van der Waals surface area contributed by atoms with E-state index in [2.05, 4.69) is 65.8 Å². The van der Waals surface area contributed by atoms with Gasteiger partial charge >= 0.3 is 0 Å². The van der Waals surface area contributed by atoms with Crippen molar-refractivity contribution < 1.29 is 0 Å². The Morgan fingerprint density at radius 2 is 1.38 bits per heavy atom. The summed E-state index contributed by atoms with van der Waals surface area (Å²) in [6.45, 7) is 0. The second kappa shape index (κ2) is 8.02. The summed E-state index contributed by atoms with van der Waals surface area (Å²) in [7, 11) is 0. The lowest BCUT2D eigenvalue weighted by Gasteiger charge is -2.16. The highest BCUT2D eigenvalue weighted by atomic mass is 32.2. The predicted octanol–water partition coefficient (Wildman–Crippen LogP) is 5.33. The Balaban J connectivity index is 1.62. The van der Waals surface area contributed by atoms with Gasteiger partial charge in [0.05, 0.1) is 6.20 Å². The quantitative estimate of drug-likeness (QED) is 0.437. The smallest absolute Gasteiger partial charge is 0.113 e. The van der Waals surface area contributed by atoms with E-state index in [1.807, 2.05) is 53.1 Å². The van der Waals surface area contributed by atoms with Gasteiger partial charge in [-0.3, -0.25) is 0 Å². The molecule has 4 heteroatoms. The molecule has 0 radical (unpaired) electrons. The summed E-state index contributed by atoms with van der Waals surface area (Å²) in [4.78, 5) is 3.09. The third-order valence-electron chi connectivity index (χ3n) is 4.19. The molecule has 0 fully saturated rings. The van der Waals surface area contributed by atoms with E-state index < -0.39 is 0 Å². The van der Waals surface area contributed by atoms with E-state index in [4.69, 9.17) is 5.10 Å². The first-order valence-corrected chi connectivity index (χ1v) is 9.59. The van der Waals surface area contributed by atoms with Crippen molar-refractivity contribution in [3.8, 4) is 11.3 Å². The largest absolute Gasteiger partial charge is 0.176 e. The molecule has 1 aromatic heterocycles. The maximum absolute atomic E-state index is 4.76. The molecule has 128 valence electrons. The molecule has 0 saturated carbocycles. The van der Waals surface area contributed by atoms with E-state index in [-0.39, 0.29) is 6.04 Å². The van der Waals surface area contributed by atoms with Crippen molar-refractivity contribution in [2.45, 2.75) is 10.9 Å². The third-order valence-corrected chi connectivity index (χ3v) is 5.28. The van der Waals surface area contributed by atoms with E-state index in [1.165, 1.54) is 10.5 Å². The number of benzene rings is 3. The van der Waals surface area contributed by atoms with Crippen LogP contribution in [0.1, 0.15) is 11.6 Å². The minimum absolute atomic E-state index is 0.0823. The van der Waals surface area contributed by atoms with Crippen molar-refractivity contribution in [2.75, 3.05) is 5.75 Å². The molecule has 0 aliphatic carbocycles. The third kappa shape index (κ3) is 3.86. The average Bonchev–Trinajstić information content (AvgIpc) is 3.20. The minimum Gasteiger partial charge on any atom is -0.176 e. The molecular formula is C22H19N3S. The molecule has 3 aromatic carbocycles. The lowest BCUT2D eigenvalue weighted by molar-refractivity contribution is 0.500. The van der Waals surface area contributed by atoms with E-state index in [1.54, 1.807) is 0 Å². The molecule has 0 N–H and O–H groups in total. The van der Waals surface area contributed by atoms with Gasteiger partial charge in [-0.05, 0) is 17.7 Å². The zero-order valence-corrected chi connectivity index (χ0v) is 15.1. The molecule has 1 unspecified atom stereocenters. The summed E-state index contributed by atoms with van der Waals surface area (Å²) < 4.78 is 0. The van der Waals surface area contributed by atoms with Crippen LogP contribution in [0, 0.1) is 0 Å². The average molecular weight is 357 g/mol. The van der Waals surface area contributed by atoms with Gasteiger partial charge in [-0.15, -0.1) is 11.8 Å². The maximum atomic E-state index is 4.76. The molecular weight excluding hydrogens is 338 g/mol. The first-order chi connectivity index (χ1) is 12.9. The van der Waals surface area contributed by atoms with Gasteiger partial charge in [-0.2, -0.15) is 15.0 Å². The summed E-state index contributed by atoms with van der Waals surface area (Å²) in [6, 6.07) is 31.2. The van der Waals surface area contributed by atoms with Crippen LogP contribution in [0.25, 0.3) is 11.3 Å². The van der Waals surface area contributed by atoms with Gasteiger partial charge in [-0.25, -0.2) is 0 Å². The summed E-state index contributed by atoms with van der Waals surface area (Å²) in [5.41, 5.74) is 3.20. The summed E-state index contributed by atoms with van der Waals surface area (Å²) in [6.07, 6.45) is 1.85. The van der Waals surface area contributed by atoms with Gasteiger partial charge in [0, 0.05) is 16.2 Å². The second-order valence-electron chi connectivity index (χ2n) is 5.97. The Kier molecular flexibility index (Phi) is 5.12. The Hall–Kier alpha value is -2.85. The Bertz CT molecular complexity index is 937. The zero-order valence-electron chi connectivity index (χ0n) is 14.3. The van der Waals surface area contributed by atoms with E-state index in [9.17, 15) is 0 Å². The Morgan fingerprint density at radius 3 is 2.08 bits per heavy atom. The Morgan fingerprint density at radius 1 is 0.769 bits per heavy atom. The van der Waals surface area contributed by atoms with Crippen molar-refractivity contribution in [3.05, 3.63) is 103 Å². The normalized spacial score (nSPS) is 12.0. The van der Waals surface area contributed by atoms with Crippen molar-refractivity contribution >= 4 is 11.8 Å². The number of nitrogens with zero attached hydrogens (tertiary/aromatic N) is 3. The molecule has 4 aromatic rings. The van der Waals surface area contributed by atoms with Crippen molar-refractivity contribution in [1.29, 1.82) is 0 Å². The van der Waals surface area contributed by atoms with Gasteiger partial charge in [0.15, 0.2) is 0 Å². The molecule has 0 amide bonds. The number of hydrogen-bond donors (Lipinski definition) is 0. The predicted molar refractivity (Wildman–Crippen MR) is 107 cm³/mol. The lowest BCUT2D eigenvalue weighted by atomic mass is 10.1. The minimum atomic E-state index is 0.0823. The van der Waals surface area contributed by atoms with Crippen LogP contribution in [0.2, 0.25) is 0 Å². The molecule has 0 saturated heterocycles. The molecule has 3 nitrogen and oxygen atoms in total. The molecule has 4 rings (SSSR count). The molecule has 1 heterocycles. The Labute approximate surface area is 157 Å². The first kappa shape index (κ1) is 16.6. The zero-order chi connectivity index (χ0) is 17.6. The number of aromatic nitrogens is 3. The fourth-order valence-corrected chi connectivity index (χ4v) is 3.86. The van der Waals surface area contributed by atoms with Gasteiger partial charge in [0.2, 0.25) is 0 Å². The van der Waals surface area contributed by atoms with E-state index in [0.29, 0.717) is 0 Å². The SMILES string of the molecule is c1ccc(SCC(c2ccccc2)n2ncc(-c3ccccc3)n2)cc1. The summed E-state index contributed by atoms with van der Waals surface area (Å²) in [5.74, 6) is 0.872. The van der Waals surface area contributed by atoms with Crippen LogP contribution in [0.4, 0.5) is 0 Å². The number of hydrogen-bond acceptors (Lipinski definition) is 3. The van der Waals surface area contributed by atoms with Crippen LogP contribution in [0.3, 0.4) is 0 Å². The highest BCUT2D eigenvalue weighted by Gasteiger charge is 2.17. The molecule has 1 atom stereocenters. The van der Waals surface area contributed by atoms with E-state index >= 15 is 0 Å². The molecule has 0 aliphatic rings. The monoisotopic (exact) mass is 357 g/mol. The molecule has 0 aliphatic heterocycles. The highest BCUT2D eigenvalue weighted by molar-refractivity contribution is 7.99.